The molecule has 0 radical (unpaired) electrons. The monoisotopic (exact) mass is 1440 g/mol. The van der Waals surface area contributed by atoms with E-state index in [2.05, 4.69) is 55.4 Å². The van der Waals surface area contributed by atoms with Crippen molar-refractivity contribution in [2.75, 3.05) is 39.6 Å². The molecule has 0 heterocycles. The number of ether oxygens (including phenoxy) is 4. The van der Waals surface area contributed by atoms with Gasteiger partial charge in [0.05, 0.1) is 26.4 Å². The average molecular weight is 1440 g/mol. The molecule has 98 heavy (non-hydrogen) atoms. The molecule has 17 nitrogen and oxygen atoms in total. The van der Waals surface area contributed by atoms with E-state index in [1.54, 1.807) is 0 Å². The number of esters is 4. The van der Waals surface area contributed by atoms with Crippen molar-refractivity contribution in [3.8, 4) is 0 Å². The summed E-state index contributed by atoms with van der Waals surface area (Å²) in [6, 6.07) is 0. The quantitative estimate of drug-likeness (QED) is 0.0222. The SMILES string of the molecule is CCC(C)CCCCCCCCC(=O)OC[C@H](COP(=O)(O)OCC(O)COP(=O)(O)OC[C@@H](COC(=O)CCCCCCCCCC(C)C)OC(=O)CCCCCCCCCCCCCCCCCCC(C)C)OC(=O)CCCCCCCCCCCCCCCCCCC(C)C. The number of unbranched alkanes of at least 4 members (excludes halogenated alkanes) is 41. The summed E-state index contributed by atoms with van der Waals surface area (Å²) in [5.74, 6) is 0.935. The van der Waals surface area contributed by atoms with Gasteiger partial charge in [-0.2, -0.15) is 0 Å². The molecule has 0 saturated heterocycles. The van der Waals surface area contributed by atoms with Crippen LogP contribution in [-0.2, 0) is 65.4 Å². The second kappa shape index (κ2) is 68.2. The van der Waals surface area contributed by atoms with Crippen LogP contribution < -0.4 is 0 Å². The standard InChI is InChI=1S/C79H154O17P2/c1-9-72(8)58-50-42-37-38-44-52-60-77(82)90-66-75(96-79(84)62-54-46-35-29-25-21-17-13-11-15-19-23-27-32-40-48-56-70(4)5)68-94-98(87,88)92-64-73(80)63-91-97(85,86)93-67-74(65-89-76(81)59-51-43-36-30-33-41-49-57-71(6)7)95-78(83)61-53-45-34-28-24-20-16-12-10-14-18-22-26-31-39-47-55-69(2)3/h69-75,80H,9-68H2,1-8H3,(H,85,86)(H,87,88)/t72?,73?,74-,75-/m1/s1. The zero-order chi connectivity index (χ0) is 72.4. The molecule has 0 spiro atoms. The van der Waals surface area contributed by atoms with Crippen LogP contribution in [0, 0.1) is 23.7 Å². The molecule has 0 amide bonds. The van der Waals surface area contributed by atoms with E-state index in [0.29, 0.717) is 31.6 Å². The Morgan fingerprint density at radius 1 is 0.286 bits per heavy atom. The number of aliphatic hydroxyl groups is 1. The smallest absolute Gasteiger partial charge is 0.462 e. The van der Waals surface area contributed by atoms with Gasteiger partial charge in [-0.25, -0.2) is 9.13 Å². The zero-order valence-corrected chi connectivity index (χ0v) is 66.2. The number of rotatable bonds is 76. The number of phosphoric ester groups is 2. The summed E-state index contributed by atoms with van der Waals surface area (Å²) in [6.07, 6.45) is 54.3. The van der Waals surface area contributed by atoms with Gasteiger partial charge in [-0.3, -0.25) is 37.3 Å². The van der Waals surface area contributed by atoms with Gasteiger partial charge < -0.3 is 33.8 Å². The van der Waals surface area contributed by atoms with Gasteiger partial charge in [0, 0.05) is 25.7 Å². The summed E-state index contributed by atoms with van der Waals surface area (Å²) in [5.41, 5.74) is 0. The van der Waals surface area contributed by atoms with Gasteiger partial charge in [0.25, 0.3) is 0 Å². The van der Waals surface area contributed by atoms with Crippen molar-refractivity contribution >= 4 is 39.5 Å². The maximum Gasteiger partial charge on any atom is 0.472 e. The first kappa shape index (κ1) is 96.1. The maximum atomic E-state index is 13.1. The molecule has 582 valence electrons. The molecule has 0 saturated carbocycles. The van der Waals surface area contributed by atoms with E-state index in [4.69, 9.17) is 37.0 Å². The van der Waals surface area contributed by atoms with Gasteiger partial charge in [-0.15, -0.1) is 0 Å². The molecule has 0 rings (SSSR count). The van der Waals surface area contributed by atoms with Crippen molar-refractivity contribution in [1.82, 2.24) is 0 Å². The van der Waals surface area contributed by atoms with Crippen molar-refractivity contribution < 1.29 is 80.2 Å². The minimum atomic E-state index is -4.96. The number of hydrogen-bond donors (Lipinski definition) is 3. The molecule has 0 fully saturated rings. The van der Waals surface area contributed by atoms with Crippen LogP contribution in [0.1, 0.15) is 402 Å². The largest absolute Gasteiger partial charge is 0.472 e. The van der Waals surface area contributed by atoms with Crippen LogP contribution in [0.3, 0.4) is 0 Å². The summed E-state index contributed by atoms with van der Waals surface area (Å²) in [6.45, 7) is 14.2. The Bertz CT molecular complexity index is 1920. The van der Waals surface area contributed by atoms with E-state index < -0.39 is 97.5 Å². The lowest BCUT2D eigenvalue weighted by atomic mass is 10.00. The van der Waals surface area contributed by atoms with Gasteiger partial charge in [-0.05, 0) is 49.4 Å². The Morgan fingerprint density at radius 2 is 0.490 bits per heavy atom. The van der Waals surface area contributed by atoms with Crippen LogP contribution in [-0.4, -0.2) is 96.7 Å². The molecular weight excluding hydrogens is 1280 g/mol. The van der Waals surface area contributed by atoms with E-state index in [1.807, 2.05) is 0 Å². The normalized spacial score (nSPS) is 14.3. The Hall–Kier alpha value is -1.94. The minimum Gasteiger partial charge on any atom is -0.462 e. The fourth-order valence-electron chi connectivity index (χ4n) is 12.0. The van der Waals surface area contributed by atoms with Crippen molar-refractivity contribution in [3.63, 3.8) is 0 Å². The number of carbonyl (C=O) groups excluding carboxylic acids is 4. The highest BCUT2D eigenvalue weighted by Crippen LogP contribution is 2.45. The maximum absolute atomic E-state index is 13.1. The molecule has 4 unspecified atom stereocenters. The molecule has 19 heteroatoms. The lowest BCUT2D eigenvalue weighted by Gasteiger charge is -2.21. The zero-order valence-electron chi connectivity index (χ0n) is 64.4. The Morgan fingerprint density at radius 3 is 0.724 bits per heavy atom. The van der Waals surface area contributed by atoms with Gasteiger partial charge in [0.2, 0.25) is 0 Å². The number of carbonyl (C=O) groups is 4. The summed E-state index contributed by atoms with van der Waals surface area (Å²) in [5, 5.41) is 10.6. The first-order valence-corrected chi connectivity index (χ1v) is 43.7. The van der Waals surface area contributed by atoms with E-state index in [-0.39, 0.29) is 25.7 Å². The highest BCUT2D eigenvalue weighted by Gasteiger charge is 2.30. The van der Waals surface area contributed by atoms with Crippen molar-refractivity contribution in [2.24, 2.45) is 23.7 Å². The van der Waals surface area contributed by atoms with E-state index in [9.17, 15) is 43.2 Å². The Balaban J connectivity index is 5.19. The van der Waals surface area contributed by atoms with Crippen LogP contribution in [0.15, 0.2) is 0 Å². The molecule has 0 aliphatic carbocycles. The summed E-state index contributed by atoms with van der Waals surface area (Å²) >= 11 is 0. The van der Waals surface area contributed by atoms with Crippen LogP contribution in [0.4, 0.5) is 0 Å². The van der Waals surface area contributed by atoms with Crippen LogP contribution in [0.5, 0.6) is 0 Å². The van der Waals surface area contributed by atoms with Crippen molar-refractivity contribution in [1.29, 1.82) is 0 Å². The summed E-state index contributed by atoms with van der Waals surface area (Å²) in [4.78, 5) is 72.9. The highest BCUT2D eigenvalue weighted by molar-refractivity contribution is 7.47. The molecule has 6 atom stereocenters. The van der Waals surface area contributed by atoms with Gasteiger partial charge >= 0.3 is 39.5 Å². The van der Waals surface area contributed by atoms with E-state index in [0.717, 1.165) is 120 Å². The predicted octanol–water partition coefficient (Wildman–Crippen LogP) is 23.2. The number of phosphoric acid groups is 2. The molecule has 3 N–H and O–H groups in total. The van der Waals surface area contributed by atoms with E-state index >= 15 is 0 Å². The van der Waals surface area contributed by atoms with Gasteiger partial charge in [0.1, 0.15) is 19.3 Å². The van der Waals surface area contributed by atoms with Gasteiger partial charge in [0.15, 0.2) is 12.2 Å². The van der Waals surface area contributed by atoms with Crippen molar-refractivity contribution in [2.45, 2.75) is 420 Å². The average Bonchev–Trinajstić information content (AvgIpc) is 1.50. The molecule has 0 aliphatic heterocycles. The van der Waals surface area contributed by atoms with Crippen LogP contribution in [0.2, 0.25) is 0 Å². The van der Waals surface area contributed by atoms with Crippen LogP contribution >= 0.6 is 15.6 Å². The number of aliphatic hydroxyl groups excluding tert-OH is 1. The third-order valence-electron chi connectivity index (χ3n) is 18.7. The fraction of sp³-hybridized carbons (Fsp3) is 0.949. The van der Waals surface area contributed by atoms with Gasteiger partial charge in [-0.1, -0.05) is 351 Å². The molecule has 0 aromatic carbocycles. The second-order valence-corrected chi connectivity index (χ2v) is 33.0. The van der Waals surface area contributed by atoms with E-state index in [1.165, 1.54) is 193 Å². The Labute approximate surface area is 600 Å². The molecule has 0 aliphatic rings. The second-order valence-electron chi connectivity index (χ2n) is 30.1. The third-order valence-corrected chi connectivity index (χ3v) is 20.6. The highest BCUT2D eigenvalue weighted by atomic mass is 31.2. The lowest BCUT2D eigenvalue weighted by Crippen LogP contribution is -2.30. The topological polar surface area (TPSA) is 237 Å². The first-order chi connectivity index (χ1) is 47.1. The molecule has 0 aromatic heterocycles. The Kier molecular flexibility index (Phi) is 66.8. The fourth-order valence-corrected chi connectivity index (χ4v) is 13.6. The summed E-state index contributed by atoms with van der Waals surface area (Å²) < 4.78 is 68.6. The molecule has 0 aromatic rings. The summed E-state index contributed by atoms with van der Waals surface area (Å²) in [7, 11) is -9.92. The van der Waals surface area contributed by atoms with Crippen molar-refractivity contribution in [3.05, 3.63) is 0 Å². The van der Waals surface area contributed by atoms with Crippen LogP contribution in [0.25, 0.3) is 0 Å². The minimum absolute atomic E-state index is 0.107. The third kappa shape index (κ3) is 71.1. The lowest BCUT2D eigenvalue weighted by molar-refractivity contribution is -0.161. The number of hydrogen-bond acceptors (Lipinski definition) is 15. The molecule has 0 bridgehead atoms. The predicted molar refractivity (Wildman–Crippen MR) is 400 cm³/mol. The first-order valence-electron chi connectivity index (χ1n) is 40.7. The molecular formula is C79H154O17P2.